The van der Waals surface area contributed by atoms with Gasteiger partial charge in [-0.1, -0.05) is 91.0 Å². The van der Waals surface area contributed by atoms with E-state index in [1.807, 2.05) is 25.1 Å². The maximum Gasteiger partial charge on any atom is 0.306 e. The van der Waals surface area contributed by atoms with Crippen LogP contribution in [0.1, 0.15) is 107 Å². The minimum absolute atomic E-state index is 0.0694. The Labute approximate surface area is 308 Å². The third-order valence-electron chi connectivity index (χ3n) is 11.8. The average Bonchev–Trinajstić information content (AvgIpc) is 3.08. The highest BCUT2D eigenvalue weighted by Crippen LogP contribution is 2.44. The molecule has 1 heterocycles. The fourth-order valence-electron chi connectivity index (χ4n) is 6.65. The molecule has 0 spiro atoms. The monoisotopic (exact) mass is 734 g/mol. The molecule has 0 amide bonds. The second-order valence-electron chi connectivity index (χ2n) is 16.6. The van der Waals surface area contributed by atoms with E-state index in [4.69, 9.17) is 27.8 Å². The first-order valence-electron chi connectivity index (χ1n) is 19.4. The zero-order valence-corrected chi connectivity index (χ0v) is 36.2. The molecule has 1 aromatic rings. The Morgan fingerprint density at radius 1 is 1.04 bits per heavy atom. The van der Waals surface area contributed by atoms with E-state index in [2.05, 4.69) is 99.7 Å². The van der Waals surface area contributed by atoms with E-state index in [1.54, 1.807) is 7.11 Å². The Morgan fingerprint density at radius 2 is 1.68 bits per heavy atom. The van der Waals surface area contributed by atoms with Crippen molar-refractivity contribution in [3.63, 3.8) is 0 Å². The summed E-state index contributed by atoms with van der Waals surface area (Å²) in [5.74, 6) is -0.0384. The highest BCUT2D eigenvalue weighted by molar-refractivity contribution is 6.74. The van der Waals surface area contributed by atoms with Gasteiger partial charge in [0.15, 0.2) is 16.6 Å². The molecule has 0 unspecified atom stereocenters. The number of hydrogen-bond donors (Lipinski definition) is 0. The van der Waals surface area contributed by atoms with Crippen molar-refractivity contribution in [1.82, 2.24) is 0 Å². The van der Waals surface area contributed by atoms with E-state index < -0.39 is 27.8 Å². The van der Waals surface area contributed by atoms with Crippen LogP contribution in [-0.2, 0) is 39.2 Å². The molecule has 0 radical (unpaired) electrons. The molecule has 1 aromatic carbocycles. The van der Waals surface area contributed by atoms with Crippen LogP contribution in [0.4, 0.5) is 0 Å². The Balaban J connectivity index is 2.35. The summed E-state index contributed by atoms with van der Waals surface area (Å²) in [6, 6.07) is 13.5. The summed E-state index contributed by atoms with van der Waals surface area (Å²) >= 11 is 0. The molecule has 9 heteroatoms. The standard InChI is InChI=1S/C41H74O7Si2/c1-14-45-38(42)30-35(24-23-33(5)31-46-49(12,13)39(6,7)8)29-37-41(10,48-50(15-2,16-3)17-4)26-25-36(47-37)40(9,43-11)27-28-44-32-34-21-19-18-20-22-34/h18-24,33,35-37H,14-17,25-32H2,1-13H3/b24-23+/t33-,35+,36-,37-,40+,41-/m1/s1. The van der Waals surface area contributed by atoms with Crippen molar-refractivity contribution >= 4 is 22.6 Å². The van der Waals surface area contributed by atoms with Crippen LogP contribution in [0.15, 0.2) is 42.5 Å². The number of benzene rings is 1. The largest absolute Gasteiger partial charge is 0.466 e. The molecule has 1 aliphatic heterocycles. The predicted molar refractivity (Wildman–Crippen MR) is 212 cm³/mol. The first-order chi connectivity index (χ1) is 23.4. The van der Waals surface area contributed by atoms with Crippen LogP contribution in [-0.4, -0.2) is 72.9 Å². The topological polar surface area (TPSA) is 72.5 Å². The van der Waals surface area contributed by atoms with Crippen molar-refractivity contribution < 1.29 is 32.6 Å². The van der Waals surface area contributed by atoms with Gasteiger partial charge in [0.2, 0.25) is 0 Å². The molecule has 1 aliphatic rings. The van der Waals surface area contributed by atoms with Gasteiger partial charge in [-0.05, 0) is 93.7 Å². The normalized spacial score (nSPS) is 23.1. The average molecular weight is 735 g/mol. The van der Waals surface area contributed by atoms with Gasteiger partial charge in [-0.2, -0.15) is 0 Å². The fourth-order valence-corrected chi connectivity index (χ4v) is 10.9. The summed E-state index contributed by atoms with van der Waals surface area (Å²) in [6.07, 6.45) is 7.44. The van der Waals surface area contributed by atoms with Gasteiger partial charge in [-0.15, -0.1) is 0 Å². The molecule has 0 N–H and O–H groups in total. The van der Waals surface area contributed by atoms with Crippen LogP contribution < -0.4 is 0 Å². The smallest absolute Gasteiger partial charge is 0.306 e. The highest BCUT2D eigenvalue weighted by Gasteiger charge is 2.51. The van der Waals surface area contributed by atoms with Crippen LogP contribution in [0.2, 0.25) is 36.3 Å². The summed E-state index contributed by atoms with van der Waals surface area (Å²) in [7, 11) is -2.07. The molecule has 7 nitrogen and oxygen atoms in total. The number of carbonyl (C=O) groups excluding carboxylic acids is 1. The van der Waals surface area contributed by atoms with Crippen molar-refractivity contribution in [3.05, 3.63) is 48.0 Å². The maximum atomic E-state index is 13.0. The van der Waals surface area contributed by atoms with Crippen molar-refractivity contribution in [2.75, 3.05) is 26.9 Å². The summed E-state index contributed by atoms with van der Waals surface area (Å²) in [6.45, 7) is 28.9. The van der Waals surface area contributed by atoms with Gasteiger partial charge in [-0.3, -0.25) is 4.79 Å². The summed E-state index contributed by atoms with van der Waals surface area (Å²) in [5.41, 5.74) is 0.152. The molecule has 6 atom stereocenters. The van der Waals surface area contributed by atoms with Crippen LogP contribution in [0.3, 0.4) is 0 Å². The predicted octanol–water partition coefficient (Wildman–Crippen LogP) is 10.5. The zero-order chi connectivity index (χ0) is 37.6. The molecule has 0 aromatic heterocycles. The lowest BCUT2D eigenvalue weighted by Gasteiger charge is -2.52. The first kappa shape index (κ1) is 44.8. The van der Waals surface area contributed by atoms with E-state index in [0.29, 0.717) is 45.7 Å². The molecular formula is C41H74O7Si2. The second-order valence-corrected chi connectivity index (χ2v) is 26.1. The number of methoxy groups -OCH3 is 1. The van der Waals surface area contributed by atoms with E-state index in [1.165, 1.54) is 0 Å². The molecule has 1 saturated heterocycles. The first-order valence-corrected chi connectivity index (χ1v) is 24.9. The molecule has 288 valence electrons. The van der Waals surface area contributed by atoms with Gasteiger partial charge in [0.1, 0.15) is 0 Å². The molecule has 0 saturated carbocycles. The van der Waals surface area contributed by atoms with E-state index in [-0.39, 0.29) is 35.1 Å². The Bertz CT molecular complexity index is 1140. The number of ether oxygens (including phenoxy) is 4. The molecule has 0 aliphatic carbocycles. The molecule has 2 rings (SSSR count). The van der Waals surface area contributed by atoms with Gasteiger partial charge >= 0.3 is 5.97 Å². The van der Waals surface area contributed by atoms with Crippen molar-refractivity contribution in [2.45, 2.75) is 168 Å². The third kappa shape index (κ3) is 13.3. The SMILES string of the molecule is CCOC(=O)C[C@@H](/C=C/[C@@H](C)CO[Si](C)(C)C(C)(C)C)C[C@H]1O[C@@H]([C@](C)(CCOCc2ccccc2)OC)CC[C@@]1(C)O[Si](CC)(CC)CC. The Morgan fingerprint density at radius 3 is 2.24 bits per heavy atom. The van der Waals surface area contributed by atoms with Crippen LogP contribution in [0.5, 0.6) is 0 Å². The van der Waals surface area contributed by atoms with Gasteiger partial charge < -0.3 is 27.8 Å². The van der Waals surface area contributed by atoms with Crippen molar-refractivity contribution in [2.24, 2.45) is 11.8 Å². The number of rotatable bonds is 22. The van der Waals surface area contributed by atoms with Gasteiger partial charge in [0.05, 0.1) is 43.0 Å². The summed E-state index contributed by atoms with van der Waals surface area (Å²) in [5, 5.41) is 0.154. The highest BCUT2D eigenvalue weighted by atomic mass is 28.4. The molecule has 1 fully saturated rings. The minimum atomic E-state index is -1.98. The number of esters is 1. The van der Waals surface area contributed by atoms with E-state index >= 15 is 0 Å². The van der Waals surface area contributed by atoms with Gasteiger partial charge in [0, 0.05) is 26.7 Å². The maximum absolute atomic E-state index is 13.0. The van der Waals surface area contributed by atoms with Crippen LogP contribution in [0, 0.1) is 11.8 Å². The summed E-state index contributed by atoms with van der Waals surface area (Å²) in [4.78, 5) is 13.0. The summed E-state index contributed by atoms with van der Waals surface area (Å²) < 4.78 is 38.9. The lowest BCUT2D eigenvalue weighted by atomic mass is 9.79. The fraction of sp³-hybridized carbons (Fsp3) is 0.780. The number of carbonyl (C=O) groups is 1. The van der Waals surface area contributed by atoms with Gasteiger partial charge in [0.25, 0.3) is 0 Å². The van der Waals surface area contributed by atoms with Crippen molar-refractivity contribution in [3.8, 4) is 0 Å². The Hall–Kier alpha value is -1.34. The quantitative estimate of drug-likeness (QED) is 0.0508. The minimum Gasteiger partial charge on any atom is -0.466 e. The molecule has 50 heavy (non-hydrogen) atoms. The van der Waals surface area contributed by atoms with E-state index in [0.717, 1.165) is 36.5 Å². The Kier molecular flexibility index (Phi) is 18.1. The number of allylic oxidation sites excluding steroid dienone is 1. The van der Waals surface area contributed by atoms with E-state index in [9.17, 15) is 4.79 Å². The van der Waals surface area contributed by atoms with Crippen LogP contribution in [0.25, 0.3) is 0 Å². The third-order valence-corrected chi connectivity index (χ3v) is 21.0. The lowest BCUT2D eigenvalue weighted by Crippen LogP contribution is -2.60. The lowest BCUT2D eigenvalue weighted by molar-refractivity contribution is -0.222. The van der Waals surface area contributed by atoms with Crippen molar-refractivity contribution in [1.29, 1.82) is 0 Å². The number of hydrogen-bond acceptors (Lipinski definition) is 7. The molecule has 0 bridgehead atoms. The van der Waals surface area contributed by atoms with Gasteiger partial charge in [-0.25, -0.2) is 0 Å². The second kappa shape index (κ2) is 20.2. The molecular weight excluding hydrogens is 661 g/mol. The zero-order valence-electron chi connectivity index (χ0n) is 34.2. The van der Waals surface area contributed by atoms with Crippen LogP contribution >= 0.6 is 0 Å².